The summed E-state index contributed by atoms with van der Waals surface area (Å²) in [6.07, 6.45) is 0. The number of carbonyl (C=O) groups excluding carboxylic acids is 1. The standard InChI is InChI=1S/C14H18N4O/c1-8-5-6-9(2)11(7-8)14(19)16-13-12(15)10(3)17-18(13)4/h5-7H,15H2,1-4H3,(H,16,19). The molecule has 1 heterocycles. The number of nitrogens with zero attached hydrogens (tertiary/aromatic N) is 2. The quantitative estimate of drug-likeness (QED) is 0.867. The van der Waals surface area contributed by atoms with Crippen molar-refractivity contribution in [2.45, 2.75) is 20.8 Å². The van der Waals surface area contributed by atoms with Crippen LogP contribution in [0.15, 0.2) is 18.2 Å². The lowest BCUT2D eigenvalue weighted by atomic mass is 10.1. The van der Waals surface area contributed by atoms with Crippen LogP contribution in [0.3, 0.4) is 0 Å². The van der Waals surface area contributed by atoms with E-state index in [2.05, 4.69) is 10.4 Å². The van der Waals surface area contributed by atoms with Gasteiger partial charge in [0.15, 0.2) is 5.82 Å². The van der Waals surface area contributed by atoms with Crippen molar-refractivity contribution in [2.24, 2.45) is 7.05 Å². The average molecular weight is 258 g/mol. The van der Waals surface area contributed by atoms with Crippen molar-refractivity contribution in [3.63, 3.8) is 0 Å². The molecule has 2 rings (SSSR count). The van der Waals surface area contributed by atoms with Gasteiger partial charge in [0.2, 0.25) is 0 Å². The number of anilines is 2. The van der Waals surface area contributed by atoms with E-state index in [-0.39, 0.29) is 5.91 Å². The first-order valence-corrected chi connectivity index (χ1v) is 6.08. The zero-order valence-corrected chi connectivity index (χ0v) is 11.6. The van der Waals surface area contributed by atoms with Gasteiger partial charge < -0.3 is 11.1 Å². The molecular formula is C14H18N4O. The monoisotopic (exact) mass is 258 g/mol. The maximum Gasteiger partial charge on any atom is 0.257 e. The zero-order valence-electron chi connectivity index (χ0n) is 11.6. The maximum absolute atomic E-state index is 12.3. The largest absolute Gasteiger partial charge is 0.394 e. The molecule has 0 saturated heterocycles. The van der Waals surface area contributed by atoms with Gasteiger partial charge in [0, 0.05) is 12.6 Å². The number of nitrogens with one attached hydrogen (secondary N) is 1. The SMILES string of the molecule is Cc1ccc(C)c(C(=O)Nc2c(N)c(C)nn2C)c1. The van der Waals surface area contributed by atoms with Crippen LogP contribution in [0.25, 0.3) is 0 Å². The molecule has 0 spiro atoms. The highest BCUT2D eigenvalue weighted by atomic mass is 16.1. The summed E-state index contributed by atoms with van der Waals surface area (Å²) >= 11 is 0. The summed E-state index contributed by atoms with van der Waals surface area (Å²) < 4.78 is 1.58. The van der Waals surface area contributed by atoms with Crippen LogP contribution >= 0.6 is 0 Å². The second-order valence-corrected chi connectivity index (χ2v) is 4.74. The molecule has 1 aromatic carbocycles. The van der Waals surface area contributed by atoms with Crippen LogP contribution in [0.5, 0.6) is 0 Å². The second kappa shape index (κ2) is 4.76. The molecule has 0 atom stereocenters. The number of aromatic nitrogens is 2. The minimum atomic E-state index is -0.170. The van der Waals surface area contributed by atoms with Gasteiger partial charge in [-0.3, -0.25) is 9.48 Å². The van der Waals surface area contributed by atoms with E-state index in [1.165, 1.54) is 0 Å². The number of aryl methyl sites for hydroxylation is 4. The van der Waals surface area contributed by atoms with Crippen LogP contribution < -0.4 is 11.1 Å². The Bertz CT molecular complexity index is 643. The lowest BCUT2D eigenvalue weighted by Crippen LogP contribution is -2.16. The highest BCUT2D eigenvalue weighted by molar-refractivity contribution is 6.06. The van der Waals surface area contributed by atoms with Gasteiger partial charge in [-0.1, -0.05) is 17.7 Å². The van der Waals surface area contributed by atoms with Crippen molar-refractivity contribution in [2.75, 3.05) is 11.1 Å². The van der Waals surface area contributed by atoms with Gasteiger partial charge in [0.1, 0.15) is 0 Å². The van der Waals surface area contributed by atoms with E-state index in [0.29, 0.717) is 22.8 Å². The van der Waals surface area contributed by atoms with Gasteiger partial charge in [-0.05, 0) is 32.4 Å². The lowest BCUT2D eigenvalue weighted by Gasteiger charge is -2.09. The zero-order chi connectivity index (χ0) is 14.2. The minimum Gasteiger partial charge on any atom is -0.394 e. The molecule has 0 aliphatic rings. The predicted octanol–water partition coefficient (Wildman–Crippen LogP) is 2.18. The van der Waals surface area contributed by atoms with E-state index in [4.69, 9.17) is 5.73 Å². The Morgan fingerprint density at radius 1 is 1.32 bits per heavy atom. The highest BCUT2D eigenvalue weighted by Gasteiger charge is 2.15. The molecule has 3 N–H and O–H groups in total. The van der Waals surface area contributed by atoms with Crippen LogP contribution in [0.2, 0.25) is 0 Å². The van der Waals surface area contributed by atoms with Crippen LogP contribution in [0, 0.1) is 20.8 Å². The van der Waals surface area contributed by atoms with Gasteiger partial charge in [-0.2, -0.15) is 5.10 Å². The number of hydrogen-bond donors (Lipinski definition) is 2. The molecule has 0 saturated carbocycles. The Morgan fingerprint density at radius 3 is 2.58 bits per heavy atom. The Balaban J connectivity index is 2.33. The Hall–Kier alpha value is -2.30. The molecule has 0 radical (unpaired) electrons. The molecule has 0 unspecified atom stereocenters. The molecule has 0 bridgehead atoms. The maximum atomic E-state index is 12.3. The smallest absolute Gasteiger partial charge is 0.257 e. The van der Waals surface area contributed by atoms with Gasteiger partial charge in [-0.25, -0.2) is 0 Å². The molecule has 0 aliphatic carbocycles. The molecule has 19 heavy (non-hydrogen) atoms. The van der Waals surface area contributed by atoms with Crippen molar-refractivity contribution in [1.29, 1.82) is 0 Å². The summed E-state index contributed by atoms with van der Waals surface area (Å²) in [5.74, 6) is 0.360. The Morgan fingerprint density at radius 2 is 2.00 bits per heavy atom. The van der Waals surface area contributed by atoms with E-state index in [1.54, 1.807) is 11.7 Å². The summed E-state index contributed by atoms with van der Waals surface area (Å²) in [4.78, 5) is 12.3. The summed E-state index contributed by atoms with van der Waals surface area (Å²) in [5.41, 5.74) is 9.74. The number of amides is 1. The van der Waals surface area contributed by atoms with Gasteiger partial charge >= 0.3 is 0 Å². The van der Waals surface area contributed by atoms with Crippen LogP contribution in [0.1, 0.15) is 27.2 Å². The Labute approximate surface area is 112 Å². The number of rotatable bonds is 2. The van der Waals surface area contributed by atoms with Crippen LogP contribution in [-0.2, 0) is 7.05 Å². The van der Waals surface area contributed by atoms with E-state index in [0.717, 1.165) is 11.1 Å². The van der Waals surface area contributed by atoms with Crippen molar-refractivity contribution in [3.8, 4) is 0 Å². The van der Waals surface area contributed by atoms with Gasteiger partial charge in [0.25, 0.3) is 5.91 Å². The topological polar surface area (TPSA) is 72.9 Å². The van der Waals surface area contributed by atoms with E-state index in [9.17, 15) is 4.79 Å². The predicted molar refractivity (Wildman–Crippen MR) is 76.2 cm³/mol. The molecule has 1 amide bonds. The average Bonchev–Trinajstić information content (AvgIpc) is 2.59. The van der Waals surface area contributed by atoms with Crippen LogP contribution in [0.4, 0.5) is 11.5 Å². The first-order valence-electron chi connectivity index (χ1n) is 6.08. The third kappa shape index (κ3) is 2.45. The van der Waals surface area contributed by atoms with E-state index < -0.39 is 0 Å². The fraction of sp³-hybridized carbons (Fsp3) is 0.286. The lowest BCUT2D eigenvalue weighted by molar-refractivity contribution is 0.102. The number of nitrogens with two attached hydrogens (primary N) is 1. The van der Waals surface area contributed by atoms with Crippen molar-refractivity contribution in [1.82, 2.24) is 9.78 Å². The molecule has 0 fully saturated rings. The first kappa shape index (κ1) is 13.1. The third-order valence-electron chi connectivity index (χ3n) is 3.14. The number of hydrogen-bond acceptors (Lipinski definition) is 3. The number of benzene rings is 1. The minimum absolute atomic E-state index is 0.170. The fourth-order valence-electron chi connectivity index (χ4n) is 1.98. The molecule has 5 nitrogen and oxygen atoms in total. The fourth-order valence-corrected chi connectivity index (χ4v) is 1.98. The molecule has 0 aliphatic heterocycles. The molecule has 2 aromatic rings. The first-order chi connectivity index (χ1) is 8.90. The van der Waals surface area contributed by atoms with Crippen molar-refractivity contribution < 1.29 is 4.79 Å². The number of nitrogen functional groups attached to an aromatic ring is 1. The highest BCUT2D eigenvalue weighted by Crippen LogP contribution is 2.22. The summed E-state index contributed by atoms with van der Waals surface area (Å²) in [5, 5.41) is 6.99. The third-order valence-corrected chi connectivity index (χ3v) is 3.14. The van der Waals surface area contributed by atoms with E-state index in [1.807, 2.05) is 39.0 Å². The van der Waals surface area contributed by atoms with Gasteiger partial charge in [0.05, 0.1) is 11.4 Å². The van der Waals surface area contributed by atoms with Crippen LogP contribution in [-0.4, -0.2) is 15.7 Å². The van der Waals surface area contributed by atoms with Crippen molar-refractivity contribution >= 4 is 17.4 Å². The van der Waals surface area contributed by atoms with E-state index >= 15 is 0 Å². The molecule has 5 heteroatoms. The summed E-state index contributed by atoms with van der Waals surface area (Å²) in [6.45, 7) is 5.67. The second-order valence-electron chi connectivity index (χ2n) is 4.74. The number of carbonyl (C=O) groups is 1. The summed E-state index contributed by atoms with van der Waals surface area (Å²) in [7, 11) is 1.75. The Kier molecular flexibility index (Phi) is 3.29. The van der Waals surface area contributed by atoms with Crippen molar-refractivity contribution in [3.05, 3.63) is 40.6 Å². The molecule has 100 valence electrons. The normalized spacial score (nSPS) is 10.5. The summed E-state index contributed by atoms with van der Waals surface area (Å²) in [6, 6.07) is 5.78. The molecule has 1 aromatic heterocycles. The molecular weight excluding hydrogens is 240 g/mol. The van der Waals surface area contributed by atoms with Gasteiger partial charge in [-0.15, -0.1) is 0 Å².